The summed E-state index contributed by atoms with van der Waals surface area (Å²) in [4.78, 5) is 15.0. The van der Waals surface area contributed by atoms with E-state index in [4.69, 9.17) is 16.3 Å². The normalized spacial score (nSPS) is 13.8. The van der Waals surface area contributed by atoms with Crippen LogP contribution in [0.15, 0.2) is 47.6 Å². The highest BCUT2D eigenvalue weighted by molar-refractivity contribution is 7.99. The fraction of sp³-hybridized carbons (Fsp3) is 0.333. The van der Waals surface area contributed by atoms with Gasteiger partial charge in [-0.2, -0.15) is 4.68 Å². The van der Waals surface area contributed by atoms with Crippen molar-refractivity contribution in [1.82, 2.24) is 20.2 Å². The third kappa shape index (κ3) is 4.94. The van der Waals surface area contributed by atoms with Crippen molar-refractivity contribution < 1.29 is 9.53 Å². The first-order valence-electron chi connectivity index (χ1n) is 10.1. The summed E-state index contributed by atoms with van der Waals surface area (Å²) in [5.74, 6) is 0.646. The van der Waals surface area contributed by atoms with Gasteiger partial charge in [0, 0.05) is 13.1 Å². The van der Waals surface area contributed by atoms with Crippen molar-refractivity contribution in [2.45, 2.75) is 24.4 Å². The van der Waals surface area contributed by atoms with E-state index >= 15 is 0 Å². The molecule has 4 rings (SSSR count). The number of para-hydroxylation sites is 3. The van der Waals surface area contributed by atoms with Crippen molar-refractivity contribution >= 4 is 40.6 Å². The molecule has 1 saturated heterocycles. The molecule has 1 aliphatic heterocycles. The molecule has 0 spiro atoms. The summed E-state index contributed by atoms with van der Waals surface area (Å²) in [5, 5.41) is 16.0. The number of aromatic nitrogens is 4. The number of nitrogens with zero attached hydrogens (tertiary/aromatic N) is 5. The molecule has 162 valence electrons. The molecule has 0 unspecified atom stereocenters. The van der Waals surface area contributed by atoms with Gasteiger partial charge in [0.15, 0.2) is 0 Å². The molecule has 2 aromatic carbocycles. The number of hydrogen-bond donors (Lipinski definition) is 1. The van der Waals surface area contributed by atoms with Gasteiger partial charge in [-0.25, -0.2) is 0 Å². The molecular formula is C21H23ClN6O2S. The van der Waals surface area contributed by atoms with Crippen molar-refractivity contribution in [3.8, 4) is 11.4 Å². The zero-order valence-electron chi connectivity index (χ0n) is 17.1. The smallest absolute Gasteiger partial charge is 0.234 e. The second kappa shape index (κ2) is 10.0. The molecule has 31 heavy (non-hydrogen) atoms. The number of anilines is 2. The molecule has 0 atom stereocenters. The number of ether oxygens (including phenoxy) is 1. The number of hydrogen-bond acceptors (Lipinski definition) is 7. The highest BCUT2D eigenvalue weighted by Gasteiger charge is 2.20. The van der Waals surface area contributed by atoms with Crippen LogP contribution in [0.4, 0.5) is 11.4 Å². The van der Waals surface area contributed by atoms with Crippen LogP contribution < -0.4 is 15.0 Å². The zero-order valence-corrected chi connectivity index (χ0v) is 18.7. The van der Waals surface area contributed by atoms with E-state index < -0.39 is 0 Å². The predicted molar refractivity (Wildman–Crippen MR) is 123 cm³/mol. The van der Waals surface area contributed by atoms with Crippen molar-refractivity contribution in [1.29, 1.82) is 0 Å². The number of tetrazole rings is 1. The minimum Gasteiger partial charge on any atom is -0.494 e. The van der Waals surface area contributed by atoms with Crippen molar-refractivity contribution in [3.63, 3.8) is 0 Å². The first-order valence-corrected chi connectivity index (χ1v) is 11.4. The average molecular weight is 459 g/mol. The van der Waals surface area contributed by atoms with Crippen LogP contribution >= 0.6 is 23.4 Å². The highest BCUT2D eigenvalue weighted by atomic mass is 35.5. The number of methoxy groups -OCH3 is 1. The Balaban J connectivity index is 1.46. The Morgan fingerprint density at radius 2 is 1.97 bits per heavy atom. The molecule has 10 heteroatoms. The van der Waals surface area contributed by atoms with E-state index in [0.717, 1.165) is 37.3 Å². The van der Waals surface area contributed by atoms with Crippen LogP contribution in [-0.2, 0) is 4.79 Å². The number of thioether (sulfide) groups is 1. The summed E-state index contributed by atoms with van der Waals surface area (Å²) < 4.78 is 6.95. The number of carbonyl (C=O) groups is 1. The van der Waals surface area contributed by atoms with Crippen LogP contribution in [0.3, 0.4) is 0 Å². The van der Waals surface area contributed by atoms with Gasteiger partial charge in [0.05, 0.1) is 29.3 Å². The van der Waals surface area contributed by atoms with Gasteiger partial charge < -0.3 is 15.0 Å². The number of amides is 1. The topological polar surface area (TPSA) is 85.2 Å². The van der Waals surface area contributed by atoms with E-state index in [2.05, 4.69) is 25.7 Å². The molecule has 1 fully saturated rings. The molecule has 1 aromatic heterocycles. The zero-order chi connectivity index (χ0) is 21.6. The molecule has 3 aromatic rings. The van der Waals surface area contributed by atoms with Gasteiger partial charge in [-0.05, 0) is 54.0 Å². The third-order valence-electron chi connectivity index (χ3n) is 5.02. The fourth-order valence-corrected chi connectivity index (χ4v) is 4.57. The Hall–Kier alpha value is -2.78. The highest BCUT2D eigenvalue weighted by Crippen LogP contribution is 2.35. The van der Waals surface area contributed by atoms with Gasteiger partial charge in [-0.15, -0.1) is 5.10 Å². The summed E-state index contributed by atoms with van der Waals surface area (Å²) in [6, 6.07) is 13.0. The van der Waals surface area contributed by atoms with Crippen LogP contribution in [0.2, 0.25) is 5.02 Å². The van der Waals surface area contributed by atoms with Gasteiger partial charge in [-0.1, -0.05) is 41.6 Å². The molecule has 1 N–H and O–H groups in total. The molecule has 8 nitrogen and oxygen atoms in total. The molecule has 0 radical (unpaired) electrons. The number of benzene rings is 2. The maximum absolute atomic E-state index is 12.7. The molecule has 0 saturated carbocycles. The Labute approximate surface area is 189 Å². The lowest BCUT2D eigenvalue weighted by molar-refractivity contribution is -0.113. The lowest BCUT2D eigenvalue weighted by Gasteiger charge is -2.31. The molecule has 1 amide bonds. The largest absolute Gasteiger partial charge is 0.494 e. The first-order chi connectivity index (χ1) is 15.2. The van der Waals surface area contributed by atoms with E-state index in [-0.39, 0.29) is 11.7 Å². The van der Waals surface area contributed by atoms with Gasteiger partial charge in [0.2, 0.25) is 11.1 Å². The third-order valence-corrected chi connectivity index (χ3v) is 6.24. The molecule has 2 heterocycles. The lowest BCUT2D eigenvalue weighted by atomic mass is 10.1. The van der Waals surface area contributed by atoms with E-state index in [1.165, 1.54) is 18.2 Å². The second-order valence-corrected chi connectivity index (χ2v) is 8.42. The maximum atomic E-state index is 12.7. The number of nitrogens with one attached hydrogen (secondary N) is 1. The Bertz CT molecular complexity index is 1050. The minimum absolute atomic E-state index is 0.153. The SMILES string of the molecule is COc1ccccc1-n1nnnc1SCC(=O)Nc1cccc(Cl)c1N1CCCCC1. The number of halogens is 1. The van der Waals surface area contributed by atoms with Gasteiger partial charge in [-0.3, -0.25) is 4.79 Å². The summed E-state index contributed by atoms with van der Waals surface area (Å²) >= 11 is 7.74. The first kappa shape index (κ1) is 21.5. The van der Waals surface area contributed by atoms with Crippen LogP contribution in [0.25, 0.3) is 5.69 Å². The monoisotopic (exact) mass is 458 g/mol. The number of piperidine rings is 1. The lowest BCUT2D eigenvalue weighted by Crippen LogP contribution is -2.31. The Morgan fingerprint density at radius 3 is 2.77 bits per heavy atom. The fourth-order valence-electron chi connectivity index (χ4n) is 3.60. The van der Waals surface area contributed by atoms with Crippen molar-refractivity contribution in [3.05, 3.63) is 47.5 Å². The van der Waals surface area contributed by atoms with Gasteiger partial charge in [0.25, 0.3) is 0 Å². The van der Waals surface area contributed by atoms with Gasteiger partial charge in [0.1, 0.15) is 11.4 Å². The maximum Gasteiger partial charge on any atom is 0.234 e. The molecule has 0 aliphatic carbocycles. The van der Waals surface area contributed by atoms with Crippen molar-refractivity contribution in [2.75, 3.05) is 36.2 Å². The van der Waals surface area contributed by atoms with E-state index in [9.17, 15) is 4.79 Å². The van der Waals surface area contributed by atoms with Crippen molar-refractivity contribution in [2.24, 2.45) is 0 Å². The standard InChI is InChI=1S/C21H23ClN6O2S/c1-30-18-11-4-3-10-17(18)28-21(24-25-26-28)31-14-19(29)23-16-9-7-8-15(22)20(16)27-12-5-2-6-13-27/h3-4,7-11H,2,5-6,12-14H2,1H3,(H,23,29). The summed E-state index contributed by atoms with van der Waals surface area (Å²) in [6.07, 6.45) is 3.47. The van der Waals surface area contributed by atoms with Crippen LogP contribution in [0.1, 0.15) is 19.3 Å². The predicted octanol–water partition coefficient (Wildman–Crippen LogP) is 4.05. The van der Waals surface area contributed by atoms with Crippen LogP contribution in [0, 0.1) is 0 Å². The van der Waals surface area contributed by atoms with Crippen LogP contribution in [0.5, 0.6) is 5.75 Å². The molecular weight excluding hydrogens is 436 g/mol. The van der Waals surface area contributed by atoms with Gasteiger partial charge >= 0.3 is 0 Å². The average Bonchev–Trinajstić information content (AvgIpc) is 3.27. The quantitative estimate of drug-likeness (QED) is 0.534. The molecule has 0 bridgehead atoms. The summed E-state index contributed by atoms with van der Waals surface area (Å²) in [5.41, 5.74) is 2.32. The minimum atomic E-state index is -0.153. The van der Waals surface area contributed by atoms with Crippen LogP contribution in [-0.4, -0.2) is 52.1 Å². The summed E-state index contributed by atoms with van der Waals surface area (Å²) in [7, 11) is 1.59. The number of rotatable bonds is 7. The van der Waals surface area contributed by atoms with E-state index in [1.807, 2.05) is 42.5 Å². The Morgan fingerprint density at radius 1 is 1.16 bits per heavy atom. The van der Waals surface area contributed by atoms with E-state index in [0.29, 0.717) is 21.6 Å². The molecule has 1 aliphatic rings. The number of carbonyl (C=O) groups excluding carboxylic acids is 1. The summed E-state index contributed by atoms with van der Waals surface area (Å²) in [6.45, 7) is 1.88. The van der Waals surface area contributed by atoms with E-state index in [1.54, 1.807) is 11.8 Å². The Kier molecular flexibility index (Phi) is 6.93. The second-order valence-electron chi connectivity index (χ2n) is 7.07.